The number of aryl methyl sites for hydroxylation is 1. The summed E-state index contributed by atoms with van der Waals surface area (Å²) >= 11 is 0. The van der Waals surface area contributed by atoms with E-state index in [1.54, 1.807) is 12.4 Å². The van der Waals surface area contributed by atoms with Crippen LogP contribution in [0.15, 0.2) is 12.9 Å². The number of rotatable bonds is 1. The van der Waals surface area contributed by atoms with Gasteiger partial charge in [0.15, 0.2) is 0 Å². The van der Waals surface area contributed by atoms with E-state index in [-0.39, 0.29) is 0 Å². The van der Waals surface area contributed by atoms with Gasteiger partial charge in [0.05, 0.1) is 12.0 Å². The molecular formula is C6H9N3. The standard InChI is InChI=1S/C6H9N3/c1-3-5-6(7)8-4-9(5)2/h3-4H,1,7H2,2H3. The average molecular weight is 123 g/mol. The topological polar surface area (TPSA) is 43.8 Å². The van der Waals surface area contributed by atoms with Crippen molar-refractivity contribution in [1.82, 2.24) is 9.55 Å². The van der Waals surface area contributed by atoms with E-state index in [9.17, 15) is 0 Å². The Morgan fingerprint density at radius 2 is 2.56 bits per heavy atom. The van der Waals surface area contributed by atoms with Crippen LogP contribution in [0, 0.1) is 0 Å². The van der Waals surface area contributed by atoms with Crippen molar-refractivity contribution in [2.24, 2.45) is 7.05 Å². The van der Waals surface area contributed by atoms with Crippen LogP contribution in [-0.2, 0) is 7.05 Å². The SMILES string of the molecule is C=Cc1c(N)ncn1C. The molecule has 0 spiro atoms. The lowest BCUT2D eigenvalue weighted by atomic mass is 10.4. The van der Waals surface area contributed by atoms with Crippen LogP contribution in [-0.4, -0.2) is 9.55 Å². The fourth-order valence-electron chi connectivity index (χ4n) is 0.706. The third kappa shape index (κ3) is 0.806. The Hall–Kier alpha value is -1.25. The van der Waals surface area contributed by atoms with Gasteiger partial charge in [0.1, 0.15) is 5.82 Å². The largest absolute Gasteiger partial charge is 0.382 e. The highest BCUT2D eigenvalue weighted by Gasteiger charge is 1.97. The maximum Gasteiger partial charge on any atom is 0.149 e. The van der Waals surface area contributed by atoms with E-state index in [1.807, 2.05) is 11.6 Å². The molecule has 0 aliphatic heterocycles. The average Bonchev–Trinajstić information content (AvgIpc) is 2.12. The van der Waals surface area contributed by atoms with Gasteiger partial charge in [-0.05, 0) is 6.08 Å². The van der Waals surface area contributed by atoms with Crippen molar-refractivity contribution in [3.63, 3.8) is 0 Å². The molecule has 0 radical (unpaired) electrons. The van der Waals surface area contributed by atoms with Crippen LogP contribution in [0.2, 0.25) is 0 Å². The van der Waals surface area contributed by atoms with Gasteiger partial charge in [0.2, 0.25) is 0 Å². The van der Waals surface area contributed by atoms with Crippen molar-refractivity contribution in [1.29, 1.82) is 0 Å². The molecule has 0 saturated carbocycles. The Kier molecular flexibility index (Phi) is 1.26. The second-order valence-corrected chi connectivity index (χ2v) is 1.83. The van der Waals surface area contributed by atoms with Gasteiger partial charge in [-0.1, -0.05) is 6.58 Å². The monoisotopic (exact) mass is 123 g/mol. The van der Waals surface area contributed by atoms with E-state index >= 15 is 0 Å². The fraction of sp³-hybridized carbons (Fsp3) is 0.167. The maximum atomic E-state index is 5.45. The predicted molar refractivity (Wildman–Crippen MR) is 37.7 cm³/mol. The van der Waals surface area contributed by atoms with Gasteiger partial charge in [-0.3, -0.25) is 0 Å². The van der Waals surface area contributed by atoms with Gasteiger partial charge in [0.25, 0.3) is 0 Å². The van der Waals surface area contributed by atoms with Gasteiger partial charge in [-0.2, -0.15) is 0 Å². The lowest BCUT2D eigenvalue weighted by Gasteiger charge is -1.92. The highest BCUT2D eigenvalue weighted by atomic mass is 15.1. The van der Waals surface area contributed by atoms with Crippen molar-refractivity contribution in [2.75, 3.05) is 5.73 Å². The molecule has 0 bridgehead atoms. The number of anilines is 1. The lowest BCUT2D eigenvalue weighted by Crippen LogP contribution is -1.91. The lowest BCUT2D eigenvalue weighted by molar-refractivity contribution is 0.903. The van der Waals surface area contributed by atoms with Crippen molar-refractivity contribution in [3.05, 3.63) is 18.6 Å². The molecule has 9 heavy (non-hydrogen) atoms. The first-order valence-corrected chi connectivity index (χ1v) is 2.65. The van der Waals surface area contributed by atoms with E-state index in [0.717, 1.165) is 5.69 Å². The smallest absolute Gasteiger partial charge is 0.149 e. The van der Waals surface area contributed by atoms with Crippen LogP contribution in [0.4, 0.5) is 5.82 Å². The van der Waals surface area contributed by atoms with Crippen LogP contribution in [0.1, 0.15) is 5.69 Å². The van der Waals surface area contributed by atoms with Crippen molar-refractivity contribution in [3.8, 4) is 0 Å². The first-order valence-electron chi connectivity index (χ1n) is 2.65. The summed E-state index contributed by atoms with van der Waals surface area (Å²) in [6, 6.07) is 0. The van der Waals surface area contributed by atoms with E-state index in [2.05, 4.69) is 11.6 Å². The Morgan fingerprint density at radius 1 is 1.89 bits per heavy atom. The Morgan fingerprint density at radius 3 is 2.78 bits per heavy atom. The highest BCUT2D eigenvalue weighted by molar-refractivity contribution is 5.55. The fourth-order valence-corrected chi connectivity index (χ4v) is 0.706. The molecule has 0 amide bonds. The zero-order chi connectivity index (χ0) is 6.85. The number of hydrogen-bond acceptors (Lipinski definition) is 2. The Balaban J connectivity index is 3.22. The number of aromatic nitrogens is 2. The minimum Gasteiger partial charge on any atom is -0.382 e. The van der Waals surface area contributed by atoms with Crippen LogP contribution in [0.5, 0.6) is 0 Å². The second kappa shape index (κ2) is 1.93. The number of hydrogen-bond donors (Lipinski definition) is 1. The van der Waals surface area contributed by atoms with Gasteiger partial charge in [0, 0.05) is 7.05 Å². The number of nitrogen functional groups attached to an aromatic ring is 1. The summed E-state index contributed by atoms with van der Waals surface area (Å²) in [7, 11) is 1.88. The summed E-state index contributed by atoms with van der Waals surface area (Å²) < 4.78 is 1.82. The van der Waals surface area contributed by atoms with Crippen LogP contribution < -0.4 is 5.73 Å². The minimum absolute atomic E-state index is 0.535. The van der Waals surface area contributed by atoms with Crippen LogP contribution in [0.3, 0.4) is 0 Å². The highest BCUT2D eigenvalue weighted by Crippen LogP contribution is 2.07. The molecule has 0 atom stereocenters. The molecule has 0 aliphatic carbocycles. The molecule has 1 rings (SSSR count). The van der Waals surface area contributed by atoms with Gasteiger partial charge in [-0.15, -0.1) is 0 Å². The van der Waals surface area contributed by atoms with Gasteiger partial charge >= 0.3 is 0 Å². The summed E-state index contributed by atoms with van der Waals surface area (Å²) in [4.78, 5) is 3.86. The quantitative estimate of drug-likeness (QED) is 0.595. The second-order valence-electron chi connectivity index (χ2n) is 1.83. The predicted octanol–water partition coefficient (Wildman–Crippen LogP) is 0.645. The third-order valence-electron chi connectivity index (χ3n) is 1.21. The number of nitrogens with two attached hydrogens (primary N) is 1. The number of imidazole rings is 1. The molecule has 0 aliphatic rings. The molecule has 2 N–H and O–H groups in total. The summed E-state index contributed by atoms with van der Waals surface area (Å²) in [5.41, 5.74) is 6.32. The zero-order valence-electron chi connectivity index (χ0n) is 5.33. The summed E-state index contributed by atoms with van der Waals surface area (Å²) in [6.45, 7) is 3.58. The molecule has 3 heteroatoms. The molecule has 3 nitrogen and oxygen atoms in total. The van der Waals surface area contributed by atoms with Crippen molar-refractivity contribution < 1.29 is 0 Å². The van der Waals surface area contributed by atoms with E-state index in [0.29, 0.717) is 5.82 Å². The molecule has 1 heterocycles. The third-order valence-corrected chi connectivity index (χ3v) is 1.21. The molecule has 1 aromatic heterocycles. The molecule has 0 saturated heterocycles. The van der Waals surface area contributed by atoms with Gasteiger partial charge < -0.3 is 10.3 Å². The maximum absolute atomic E-state index is 5.45. The summed E-state index contributed by atoms with van der Waals surface area (Å²) in [5.74, 6) is 0.535. The zero-order valence-corrected chi connectivity index (χ0v) is 5.33. The van der Waals surface area contributed by atoms with Crippen molar-refractivity contribution >= 4 is 11.9 Å². The molecule has 0 fully saturated rings. The Bertz CT molecular complexity index is 205. The Labute approximate surface area is 53.8 Å². The summed E-state index contributed by atoms with van der Waals surface area (Å²) in [5, 5.41) is 0. The normalized spacial score (nSPS) is 9.44. The van der Waals surface area contributed by atoms with Crippen molar-refractivity contribution in [2.45, 2.75) is 0 Å². The van der Waals surface area contributed by atoms with E-state index in [4.69, 9.17) is 5.73 Å². The first kappa shape index (κ1) is 5.88. The van der Waals surface area contributed by atoms with Crippen LogP contribution in [0.25, 0.3) is 6.08 Å². The van der Waals surface area contributed by atoms with Gasteiger partial charge in [-0.25, -0.2) is 4.98 Å². The molecular weight excluding hydrogens is 114 g/mol. The summed E-state index contributed by atoms with van der Waals surface area (Å²) in [6.07, 6.45) is 3.34. The molecule has 0 unspecified atom stereocenters. The first-order chi connectivity index (χ1) is 4.25. The molecule has 1 aromatic rings. The molecule has 48 valence electrons. The van der Waals surface area contributed by atoms with E-state index < -0.39 is 0 Å². The van der Waals surface area contributed by atoms with Crippen LogP contribution >= 0.6 is 0 Å². The van der Waals surface area contributed by atoms with E-state index in [1.165, 1.54) is 0 Å². The molecule has 0 aromatic carbocycles. The minimum atomic E-state index is 0.535. The number of nitrogens with zero attached hydrogens (tertiary/aromatic N) is 2.